The van der Waals surface area contributed by atoms with Crippen molar-refractivity contribution in [3.63, 3.8) is 0 Å². The van der Waals surface area contributed by atoms with E-state index >= 15 is 0 Å². The summed E-state index contributed by atoms with van der Waals surface area (Å²) in [5.41, 5.74) is 0.784. The molecule has 11 nitrogen and oxygen atoms in total. The van der Waals surface area contributed by atoms with E-state index in [1.807, 2.05) is 0 Å². The third-order valence-corrected chi connectivity index (χ3v) is 7.60. The van der Waals surface area contributed by atoms with Crippen molar-refractivity contribution in [1.29, 1.82) is 0 Å². The maximum absolute atomic E-state index is 13.1. The van der Waals surface area contributed by atoms with Gasteiger partial charge in [-0.1, -0.05) is 5.16 Å². The number of sulfonamides is 1. The summed E-state index contributed by atoms with van der Waals surface area (Å²) in [5.74, 6) is 1.70. The van der Waals surface area contributed by atoms with E-state index in [1.165, 1.54) is 16.4 Å². The van der Waals surface area contributed by atoms with Crippen LogP contribution in [0, 0.1) is 0 Å². The summed E-state index contributed by atoms with van der Waals surface area (Å²) in [4.78, 5) is 22.8. The van der Waals surface area contributed by atoms with Crippen molar-refractivity contribution >= 4 is 15.9 Å². The molecule has 12 heteroatoms. The van der Waals surface area contributed by atoms with Crippen molar-refractivity contribution in [2.24, 2.45) is 0 Å². The zero-order chi connectivity index (χ0) is 23.5. The molecule has 2 aliphatic rings. The maximum Gasteiger partial charge on any atom is 0.243 e. The van der Waals surface area contributed by atoms with Crippen molar-refractivity contribution in [3.8, 4) is 22.9 Å². The SMILES string of the molecule is O=C(CCc1nc(-c2ccncc2)no1)N1CCN(S(=O)(=O)c2ccc3c(c2)OCCO3)CC1. The summed E-state index contributed by atoms with van der Waals surface area (Å²) in [6, 6.07) is 8.17. The van der Waals surface area contributed by atoms with Gasteiger partial charge in [-0.15, -0.1) is 0 Å². The van der Waals surface area contributed by atoms with E-state index in [0.717, 1.165) is 5.56 Å². The average Bonchev–Trinajstić information content (AvgIpc) is 3.37. The number of amides is 1. The number of ether oxygens (including phenoxy) is 2. The highest BCUT2D eigenvalue weighted by Crippen LogP contribution is 2.33. The summed E-state index contributed by atoms with van der Waals surface area (Å²) >= 11 is 0. The molecule has 1 amide bonds. The Morgan fingerprint density at radius 3 is 2.47 bits per heavy atom. The highest BCUT2D eigenvalue weighted by Gasteiger charge is 2.31. The number of hydrogen-bond acceptors (Lipinski definition) is 9. The predicted octanol–water partition coefficient (Wildman–Crippen LogP) is 1.37. The molecule has 5 rings (SSSR count). The number of pyridine rings is 1. The molecular formula is C22H23N5O6S. The molecule has 1 fully saturated rings. The molecule has 0 atom stereocenters. The Hall–Kier alpha value is -3.51. The highest BCUT2D eigenvalue weighted by atomic mass is 32.2. The first-order valence-electron chi connectivity index (χ1n) is 10.9. The number of aromatic nitrogens is 3. The summed E-state index contributed by atoms with van der Waals surface area (Å²) in [6.07, 6.45) is 3.80. The monoisotopic (exact) mass is 485 g/mol. The molecule has 0 saturated carbocycles. The van der Waals surface area contributed by atoms with Crippen LogP contribution in [-0.4, -0.2) is 78.0 Å². The first kappa shape index (κ1) is 22.3. The summed E-state index contributed by atoms with van der Waals surface area (Å²) < 4.78 is 43.8. The predicted molar refractivity (Wildman–Crippen MR) is 119 cm³/mol. The number of piperazine rings is 1. The zero-order valence-electron chi connectivity index (χ0n) is 18.3. The lowest BCUT2D eigenvalue weighted by molar-refractivity contribution is -0.132. The zero-order valence-corrected chi connectivity index (χ0v) is 19.1. The van der Waals surface area contributed by atoms with Crippen molar-refractivity contribution in [1.82, 2.24) is 24.3 Å². The molecular weight excluding hydrogens is 462 g/mol. The minimum absolute atomic E-state index is 0.0833. The number of carbonyl (C=O) groups is 1. The van der Waals surface area contributed by atoms with Gasteiger partial charge >= 0.3 is 0 Å². The highest BCUT2D eigenvalue weighted by molar-refractivity contribution is 7.89. The van der Waals surface area contributed by atoms with Gasteiger partial charge in [0.2, 0.25) is 27.6 Å². The normalized spacial score (nSPS) is 16.4. The third kappa shape index (κ3) is 4.59. The average molecular weight is 486 g/mol. The Balaban J connectivity index is 1.15. The number of nitrogens with zero attached hydrogens (tertiary/aromatic N) is 5. The topological polar surface area (TPSA) is 128 Å². The second-order valence-electron chi connectivity index (χ2n) is 7.84. The van der Waals surface area contributed by atoms with Gasteiger partial charge < -0.3 is 18.9 Å². The molecule has 178 valence electrons. The quantitative estimate of drug-likeness (QED) is 0.508. The fourth-order valence-corrected chi connectivity index (χ4v) is 5.30. The van der Waals surface area contributed by atoms with Crippen LogP contribution in [0.3, 0.4) is 0 Å². The van der Waals surface area contributed by atoms with Crippen LogP contribution in [-0.2, 0) is 21.2 Å². The first-order valence-corrected chi connectivity index (χ1v) is 12.4. The Bertz CT molecular complexity index is 1270. The van der Waals surface area contributed by atoms with Gasteiger partial charge in [-0.2, -0.15) is 9.29 Å². The summed E-state index contributed by atoms with van der Waals surface area (Å²) in [6.45, 7) is 1.88. The Morgan fingerprint density at radius 2 is 1.71 bits per heavy atom. The van der Waals surface area contributed by atoms with Gasteiger partial charge in [-0.05, 0) is 24.3 Å². The van der Waals surface area contributed by atoms with Gasteiger partial charge in [0.05, 0.1) is 4.90 Å². The maximum atomic E-state index is 13.1. The van der Waals surface area contributed by atoms with Gasteiger partial charge in [-0.3, -0.25) is 9.78 Å². The Morgan fingerprint density at radius 1 is 0.971 bits per heavy atom. The van der Waals surface area contributed by atoms with Gasteiger partial charge in [0.25, 0.3) is 0 Å². The Labute approximate surface area is 196 Å². The van der Waals surface area contributed by atoms with Crippen LogP contribution in [0.4, 0.5) is 0 Å². The molecule has 1 saturated heterocycles. The smallest absolute Gasteiger partial charge is 0.243 e. The van der Waals surface area contributed by atoms with E-state index in [2.05, 4.69) is 15.1 Å². The largest absolute Gasteiger partial charge is 0.486 e. The molecule has 0 bridgehead atoms. The molecule has 1 aromatic carbocycles. The number of aryl methyl sites for hydroxylation is 1. The van der Waals surface area contributed by atoms with Gasteiger partial charge in [0.15, 0.2) is 11.5 Å². The van der Waals surface area contributed by atoms with Crippen molar-refractivity contribution in [3.05, 3.63) is 48.6 Å². The lowest BCUT2D eigenvalue weighted by atomic mass is 10.2. The minimum atomic E-state index is -3.70. The minimum Gasteiger partial charge on any atom is -0.486 e. The van der Waals surface area contributed by atoms with Gasteiger partial charge in [-0.25, -0.2) is 8.42 Å². The lowest BCUT2D eigenvalue weighted by Crippen LogP contribution is -2.50. The second kappa shape index (κ2) is 9.39. The van der Waals surface area contributed by atoms with Crippen LogP contribution in [0.1, 0.15) is 12.3 Å². The summed E-state index contributed by atoms with van der Waals surface area (Å²) in [5, 5.41) is 3.94. The fraction of sp³-hybridized carbons (Fsp3) is 0.364. The number of hydrogen-bond donors (Lipinski definition) is 0. The molecule has 0 spiro atoms. The fourth-order valence-electron chi connectivity index (χ4n) is 3.86. The van der Waals surface area contributed by atoms with Crippen LogP contribution in [0.5, 0.6) is 11.5 Å². The van der Waals surface area contributed by atoms with Crippen molar-refractivity contribution in [2.75, 3.05) is 39.4 Å². The van der Waals surface area contributed by atoms with E-state index in [9.17, 15) is 13.2 Å². The van der Waals surface area contributed by atoms with Crippen molar-refractivity contribution in [2.45, 2.75) is 17.7 Å². The standard InChI is InChI=1S/C22H23N5O6S/c28-21(4-3-20-24-22(25-33-20)16-5-7-23-8-6-16)26-9-11-27(12-10-26)34(29,30)17-1-2-18-19(15-17)32-14-13-31-18/h1-2,5-8,15H,3-4,9-14H2. The Kier molecular flexibility index (Phi) is 6.16. The van der Waals surface area contributed by atoms with Crippen LogP contribution < -0.4 is 9.47 Å². The van der Waals surface area contributed by atoms with Gasteiger partial charge in [0, 0.05) is 63.0 Å². The van der Waals surface area contributed by atoms with E-state index in [4.69, 9.17) is 14.0 Å². The molecule has 2 aromatic heterocycles. The number of rotatable bonds is 6. The molecule has 0 radical (unpaired) electrons. The molecule has 2 aliphatic heterocycles. The lowest BCUT2D eigenvalue weighted by Gasteiger charge is -2.34. The van der Waals surface area contributed by atoms with Crippen LogP contribution >= 0.6 is 0 Å². The second-order valence-corrected chi connectivity index (χ2v) is 9.78. The molecule has 3 aromatic rings. The molecule has 0 aliphatic carbocycles. The van der Waals surface area contributed by atoms with Crippen LogP contribution in [0.15, 0.2) is 52.1 Å². The molecule has 0 N–H and O–H groups in total. The van der Waals surface area contributed by atoms with E-state index in [1.54, 1.807) is 35.5 Å². The van der Waals surface area contributed by atoms with Gasteiger partial charge in [0.1, 0.15) is 13.2 Å². The van der Waals surface area contributed by atoms with E-state index in [0.29, 0.717) is 55.9 Å². The van der Waals surface area contributed by atoms with E-state index in [-0.39, 0.29) is 30.3 Å². The number of fused-ring (bicyclic) bond motifs is 1. The molecule has 4 heterocycles. The van der Waals surface area contributed by atoms with E-state index < -0.39 is 10.0 Å². The van der Waals surface area contributed by atoms with Crippen LogP contribution in [0.25, 0.3) is 11.4 Å². The number of carbonyl (C=O) groups excluding carboxylic acids is 1. The van der Waals surface area contributed by atoms with Crippen molar-refractivity contribution < 1.29 is 27.2 Å². The summed E-state index contributed by atoms with van der Waals surface area (Å²) in [7, 11) is -3.70. The first-order chi connectivity index (χ1) is 16.5. The molecule has 0 unspecified atom stereocenters. The number of benzene rings is 1. The molecule has 34 heavy (non-hydrogen) atoms. The van der Waals surface area contributed by atoms with Crippen LogP contribution in [0.2, 0.25) is 0 Å². The third-order valence-electron chi connectivity index (χ3n) is 5.70.